The standard InChI is InChI=1S/C14H15OPS.Na/c1-11-3-7-13(8-4-11)16(15,17)14-9-5-12(2)6-10-14;/h3-10H,1-2H3,(H,15,17);/q;+1/p-1. The zero-order chi connectivity index (χ0) is 12.5. The van der Waals surface area contributed by atoms with Crippen LogP contribution in [0.15, 0.2) is 48.5 Å². The number of rotatable bonds is 2. The van der Waals surface area contributed by atoms with Gasteiger partial charge in [0.05, 0.1) is 0 Å². The average Bonchev–Trinajstić information content (AvgIpc) is 2.30. The van der Waals surface area contributed by atoms with Gasteiger partial charge >= 0.3 is 29.6 Å². The van der Waals surface area contributed by atoms with Crippen LogP contribution in [0.2, 0.25) is 0 Å². The van der Waals surface area contributed by atoms with Gasteiger partial charge in [-0.3, -0.25) is 0 Å². The molecule has 0 bridgehead atoms. The first-order valence-corrected chi connectivity index (χ1v) is 8.18. The van der Waals surface area contributed by atoms with E-state index < -0.39 is 6.26 Å². The first-order chi connectivity index (χ1) is 8.00. The fraction of sp³-hybridized carbons (Fsp3) is 0.143. The van der Waals surface area contributed by atoms with Crippen LogP contribution in [0.5, 0.6) is 0 Å². The molecule has 0 aliphatic heterocycles. The molecule has 1 nitrogen and oxygen atoms in total. The maximum atomic E-state index is 12.7. The van der Waals surface area contributed by atoms with Gasteiger partial charge in [0, 0.05) is 0 Å². The van der Waals surface area contributed by atoms with E-state index in [1.165, 1.54) is 0 Å². The van der Waals surface area contributed by atoms with Crippen LogP contribution in [0.25, 0.3) is 0 Å². The van der Waals surface area contributed by atoms with Gasteiger partial charge in [-0.05, 0) is 24.5 Å². The maximum Gasteiger partial charge on any atom is 1.00 e. The van der Waals surface area contributed by atoms with E-state index in [4.69, 9.17) is 11.8 Å². The van der Waals surface area contributed by atoms with Gasteiger partial charge in [-0.25, -0.2) is 0 Å². The molecule has 0 aliphatic rings. The molecule has 2 aromatic rings. The van der Waals surface area contributed by atoms with Crippen molar-refractivity contribution < 1.29 is 34.5 Å². The summed E-state index contributed by atoms with van der Waals surface area (Å²) in [6.07, 6.45) is -2.85. The fourth-order valence-electron chi connectivity index (χ4n) is 1.63. The van der Waals surface area contributed by atoms with Gasteiger partial charge in [-0.1, -0.05) is 65.9 Å². The summed E-state index contributed by atoms with van der Waals surface area (Å²) in [5.41, 5.74) is 2.29. The molecular formula is C14H14NaOPS. The molecule has 2 aromatic carbocycles. The van der Waals surface area contributed by atoms with Crippen LogP contribution < -0.4 is 45.1 Å². The largest absolute Gasteiger partial charge is 1.00 e. The van der Waals surface area contributed by atoms with Crippen molar-refractivity contribution in [3.05, 3.63) is 59.7 Å². The van der Waals surface area contributed by atoms with Crippen molar-refractivity contribution in [1.82, 2.24) is 0 Å². The van der Waals surface area contributed by atoms with E-state index in [0.717, 1.165) is 21.7 Å². The average molecular weight is 284 g/mol. The Balaban J connectivity index is 0.00000162. The molecule has 0 atom stereocenters. The normalized spacial score (nSPS) is 10.8. The minimum absolute atomic E-state index is 0. The molecule has 2 rings (SSSR count). The molecular weight excluding hydrogens is 270 g/mol. The Morgan fingerprint density at radius 1 is 0.778 bits per heavy atom. The quantitative estimate of drug-likeness (QED) is 0.522. The van der Waals surface area contributed by atoms with E-state index in [9.17, 15) is 4.89 Å². The SMILES string of the molecule is Cc1ccc(P([O-])(=S)c2ccc(C)cc2)cc1.[Na+]. The predicted octanol–water partition coefficient (Wildman–Crippen LogP) is -0.987. The summed E-state index contributed by atoms with van der Waals surface area (Å²) in [6, 6.07) is 15.2. The molecule has 0 unspecified atom stereocenters. The number of aryl methyl sites for hydroxylation is 2. The van der Waals surface area contributed by atoms with Crippen molar-refractivity contribution in [2.75, 3.05) is 0 Å². The van der Waals surface area contributed by atoms with Crippen LogP contribution in [0, 0.1) is 13.8 Å². The monoisotopic (exact) mass is 284 g/mol. The van der Waals surface area contributed by atoms with E-state index in [2.05, 4.69) is 0 Å². The van der Waals surface area contributed by atoms with Crippen molar-refractivity contribution >= 4 is 28.7 Å². The Labute approximate surface area is 136 Å². The summed E-state index contributed by atoms with van der Waals surface area (Å²) < 4.78 is 0. The third-order valence-corrected chi connectivity index (χ3v) is 5.97. The molecule has 4 heteroatoms. The fourth-order valence-corrected chi connectivity index (χ4v) is 3.74. The summed E-state index contributed by atoms with van der Waals surface area (Å²) in [5, 5.41) is 1.48. The molecule has 0 saturated carbocycles. The molecule has 0 saturated heterocycles. The topological polar surface area (TPSA) is 23.1 Å². The van der Waals surface area contributed by atoms with Crippen molar-refractivity contribution in [2.45, 2.75) is 13.8 Å². The maximum absolute atomic E-state index is 12.7. The van der Waals surface area contributed by atoms with Crippen LogP contribution in [-0.2, 0) is 11.8 Å². The Hall–Kier alpha value is 0.0500. The van der Waals surface area contributed by atoms with Crippen LogP contribution >= 0.6 is 6.26 Å². The molecule has 0 fully saturated rings. The van der Waals surface area contributed by atoms with Gasteiger partial charge in [0.2, 0.25) is 0 Å². The van der Waals surface area contributed by atoms with E-state index in [1.54, 1.807) is 0 Å². The van der Waals surface area contributed by atoms with Crippen LogP contribution in [0.1, 0.15) is 11.1 Å². The van der Waals surface area contributed by atoms with Crippen LogP contribution in [0.4, 0.5) is 0 Å². The number of hydrogen-bond acceptors (Lipinski definition) is 2. The zero-order valence-corrected chi connectivity index (χ0v) is 14.6. The third-order valence-electron chi connectivity index (χ3n) is 2.75. The van der Waals surface area contributed by atoms with Gasteiger partial charge in [-0.15, -0.1) is 11.8 Å². The Morgan fingerprint density at radius 2 is 1.06 bits per heavy atom. The second kappa shape index (κ2) is 6.47. The Morgan fingerprint density at radius 3 is 1.33 bits per heavy atom. The first-order valence-electron chi connectivity index (χ1n) is 5.46. The molecule has 0 aromatic heterocycles. The van der Waals surface area contributed by atoms with E-state index >= 15 is 0 Å². The van der Waals surface area contributed by atoms with Gasteiger partial charge in [0.25, 0.3) is 0 Å². The smallest absolute Gasteiger partial charge is 0.814 e. The summed E-state index contributed by atoms with van der Waals surface area (Å²) >= 11 is 5.32. The Bertz CT molecular complexity index is 514. The minimum Gasteiger partial charge on any atom is -0.814 e. The summed E-state index contributed by atoms with van der Waals surface area (Å²) in [5.74, 6) is 0. The summed E-state index contributed by atoms with van der Waals surface area (Å²) in [7, 11) is 0. The molecule has 0 N–H and O–H groups in total. The second-order valence-corrected chi connectivity index (χ2v) is 7.90. The zero-order valence-electron chi connectivity index (χ0n) is 10.9. The van der Waals surface area contributed by atoms with Crippen molar-refractivity contribution in [3.8, 4) is 0 Å². The summed E-state index contributed by atoms with van der Waals surface area (Å²) in [6.45, 7) is 4.01. The van der Waals surface area contributed by atoms with E-state index in [0.29, 0.717) is 0 Å². The molecule has 0 aliphatic carbocycles. The van der Waals surface area contributed by atoms with E-state index in [1.807, 2.05) is 62.4 Å². The number of hydrogen-bond donors (Lipinski definition) is 0. The molecule has 0 heterocycles. The molecule has 88 valence electrons. The Kier molecular flexibility index (Phi) is 5.79. The van der Waals surface area contributed by atoms with Crippen molar-refractivity contribution in [2.24, 2.45) is 0 Å². The van der Waals surface area contributed by atoms with Crippen molar-refractivity contribution in [1.29, 1.82) is 0 Å². The van der Waals surface area contributed by atoms with Crippen LogP contribution in [0.3, 0.4) is 0 Å². The predicted molar refractivity (Wildman–Crippen MR) is 75.9 cm³/mol. The van der Waals surface area contributed by atoms with Gasteiger partial charge in [-0.2, -0.15) is 0 Å². The molecule has 0 spiro atoms. The second-order valence-electron chi connectivity index (χ2n) is 4.22. The summed E-state index contributed by atoms with van der Waals surface area (Å²) in [4.78, 5) is 12.7. The van der Waals surface area contributed by atoms with Crippen molar-refractivity contribution in [3.63, 3.8) is 0 Å². The van der Waals surface area contributed by atoms with Gasteiger partial charge in [0.1, 0.15) is 0 Å². The molecule has 18 heavy (non-hydrogen) atoms. The molecule has 0 amide bonds. The third kappa shape index (κ3) is 3.54. The van der Waals surface area contributed by atoms with Gasteiger partial charge < -0.3 is 4.89 Å². The van der Waals surface area contributed by atoms with Gasteiger partial charge in [0.15, 0.2) is 0 Å². The first kappa shape index (κ1) is 16.1. The minimum atomic E-state index is -2.85. The number of benzene rings is 2. The van der Waals surface area contributed by atoms with E-state index in [-0.39, 0.29) is 29.6 Å². The van der Waals surface area contributed by atoms with Crippen LogP contribution in [-0.4, -0.2) is 0 Å². The molecule has 0 radical (unpaired) electrons.